The number of aromatic nitrogens is 1. The molecule has 0 bridgehead atoms. The van der Waals surface area contributed by atoms with Crippen LogP contribution in [0.25, 0.3) is 0 Å². The second kappa shape index (κ2) is 6.22. The number of carboxylic acid groups (broad SMARTS) is 1. The highest BCUT2D eigenvalue weighted by molar-refractivity contribution is 5.95. The number of hydrogen-bond donors (Lipinski definition) is 3. The summed E-state index contributed by atoms with van der Waals surface area (Å²) in [6.45, 7) is 2.51. The van der Waals surface area contributed by atoms with E-state index in [0.29, 0.717) is 18.2 Å². The van der Waals surface area contributed by atoms with E-state index in [-0.39, 0.29) is 11.6 Å². The van der Waals surface area contributed by atoms with Gasteiger partial charge in [0.15, 0.2) is 0 Å². The van der Waals surface area contributed by atoms with Crippen molar-refractivity contribution in [3.8, 4) is 0 Å². The fourth-order valence-corrected chi connectivity index (χ4v) is 2.70. The van der Waals surface area contributed by atoms with Gasteiger partial charge in [-0.25, -0.2) is 9.78 Å². The number of pyridine rings is 1. The molecule has 6 nitrogen and oxygen atoms in total. The minimum atomic E-state index is -1.09. The van der Waals surface area contributed by atoms with Gasteiger partial charge in [0.25, 0.3) is 0 Å². The molecule has 0 aliphatic heterocycles. The van der Waals surface area contributed by atoms with Gasteiger partial charge in [-0.15, -0.1) is 0 Å². The van der Waals surface area contributed by atoms with Crippen LogP contribution in [0.5, 0.6) is 0 Å². The van der Waals surface area contributed by atoms with E-state index >= 15 is 0 Å². The Hall–Kier alpha value is -1.95. The van der Waals surface area contributed by atoms with Crippen LogP contribution in [0.1, 0.15) is 43.1 Å². The second-order valence-electron chi connectivity index (χ2n) is 5.86. The molecule has 4 N–H and O–H groups in total. The number of carboxylic acids is 1. The summed E-state index contributed by atoms with van der Waals surface area (Å²) in [5, 5.41) is 11.6. The number of amides is 1. The number of rotatable bonds is 4. The summed E-state index contributed by atoms with van der Waals surface area (Å²) in [5.41, 5.74) is 5.78. The van der Waals surface area contributed by atoms with Crippen LogP contribution in [0.4, 0.5) is 5.69 Å². The van der Waals surface area contributed by atoms with Gasteiger partial charge in [-0.2, -0.15) is 0 Å². The van der Waals surface area contributed by atoms with Crippen molar-refractivity contribution < 1.29 is 14.7 Å². The molecule has 1 fully saturated rings. The van der Waals surface area contributed by atoms with Crippen molar-refractivity contribution in [2.45, 2.75) is 32.6 Å². The van der Waals surface area contributed by atoms with E-state index in [0.717, 1.165) is 25.7 Å². The average Bonchev–Trinajstić information content (AvgIpc) is 2.49. The quantitative estimate of drug-likeness (QED) is 0.785. The minimum Gasteiger partial charge on any atom is -0.477 e. The van der Waals surface area contributed by atoms with Gasteiger partial charge in [-0.3, -0.25) is 4.79 Å². The number of aromatic carboxylic acids is 1. The van der Waals surface area contributed by atoms with Crippen LogP contribution in [0.2, 0.25) is 0 Å². The maximum Gasteiger partial charge on any atom is 0.354 e. The zero-order valence-electron chi connectivity index (χ0n) is 12.1. The predicted octanol–water partition coefficient (Wildman–Crippen LogP) is 1.87. The van der Waals surface area contributed by atoms with Crippen LogP contribution >= 0.6 is 0 Å². The predicted molar refractivity (Wildman–Crippen MR) is 78.9 cm³/mol. The third kappa shape index (κ3) is 3.39. The summed E-state index contributed by atoms with van der Waals surface area (Å²) in [4.78, 5) is 27.0. The van der Waals surface area contributed by atoms with Gasteiger partial charge in [0.05, 0.1) is 17.3 Å². The van der Waals surface area contributed by atoms with Gasteiger partial charge >= 0.3 is 5.97 Å². The van der Waals surface area contributed by atoms with E-state index in [4.69, 9.17) is 10.8 Å². The number of carbonyl (C=O) groups excluding carboxylic acids is 1. The van der Waals surface area contributed by atoms with Gasteiger partial charge in [0.1, 0.15) is 5.69 Å². The van der Waals surface area contributed by atoms with Crippen molar-refractivity contribution in [3.05, 3.63) is 24.0 Å². The van der Waals surface area contributed by atoms with E-state index in [2.05, 4.69) is 17.2 Å². The normalized spacial score (nSPS) is 25.3. The van der Waals surface area contributed by atoms with Gasteiger partial charge in [-0.1, -0.05) is 6.92 Å². The van der Waals surface area contributed by atoms with Crippen molar-refractivity contribution in [1.29, 1.82) is 0 Å². The fraction of sp³-hybridized carbons (Fsp3) is 0.533. The zero-order valence-corrected chi connectivity index (χ0v) is 12.1. The van der Waals surface area contributed by atoms with Crippen molar-refractivity contribution in [2.24, 2.45) is 17.1 Å². The van der Waals surface area contributed by atoms with E-state index in [1.54, 1.807) is 6.07 Å². The Bertz CT molecular complexity index is 519. The van der Waals surface area contributed by atoms with Crippen molar-refractivity contribution in [3.63, 3.8) is 0 Å². The zero-order chi connectivity index (χ0) is 15.5. The Morgan fingerprint density at radius 3 is 2.57 bits per heavy atom. The smallest absolute Gasteiger partial charge is 0.354 e. The number of nitrogens with zero attached hydrogens (tertiary/aromatic N) is 1. The number of nitrogens with one attached hydrogen (secondary N) is 1. The summed E-state index contributed by atoms with van der Waals surface area (Å²) < 4.78 is 0. The fourth-order valence-electron chi connectivity index (χ4n) is 2.70. The van der Waals surface area contributed by atoms with E-state index in [1.165, 1.54) is 12.3 Å². The number of hydrogen-bond acceptors (Lipinski definition) is 4. The number of nitrogens with two attached hydrogens (primary N) is 1. The molecule has 0 radical (unpaired) electrons. The van der Waals surface area contributed by atoms with Crippen molar-refractivity contribution >= 4 is 17.6 Å². The summed E-state index contributed by atoms with van der Waals surface area (Å²) in [6, 6.07) is 2.92. The first-order chi connectivity index (χ1) is 9.97. The summed E-state index contributed by atoms with van der Waals surface area (Å²) in [5.74, 6) is -0.552. The van der Waals surface area contributed by atoms with Gasteiger partial charge in [0, 0.05) is 6.54 Å². The Morgan fingerprint density at radius 1 is 1.43 bits per heavy atom. The molecule has 114 valence electrons. The lowest BCUT2D eigenvalue weighted by Crippen LogP contribution is -2.44. The molecule has 1 saturated carbocycles. The Kier molecular flexibility index (Phi) is 4.57. The first kappa shape index (κ1) is 15.4. The third-order valence-corrected chi connectivity index (χ3v) is 4.34. The summed E-state index contributed by atoms with van der Waals surface area (Å²) in [6.07, 6.45) is 4.94. The topological polar surface area (TPSA) is 105 Å². The third-order valence-electron chi connectivity index (χ3n) is 4.34. The molecular formula is C15H21N3O3. The molecular weight excluding hydrogens is 270 g/mol. The molecule has 1 aromatic rings. The average molecular weight is 291 g/mol. The van der Waals surface area contributed by atoms with Crippen LogP contribution < -0.4 is 11.1 Å². The highest BCUT2D eigenvalue weighted by atomic mass is 16.4. The van der Waals surface area contributed by atoms with Crippen LogP contribution in [-0.2, 0) is 4.79 Å². The van der Waals surface area contributed by atoms with E-state index in [1.807, 2.05) is 0 Å². The lowest BCUT2D eigenvalue weighted by Gasteiger charge is -2.37. The van der Waals surface area contributed by atoms with E-state index < -0.39 is 11.4 Å². The highest BCUT2D eigenvalue weighted by Gasteiger charge is 2.39. The number of carbonyl (C=O) groups is 2. The van der Waals surface area contributed by atoms with Crippen LogP contribution in [0.15, 0.2) is 18.3 Å². The largest absolute Gasteiger partial charge is 0.477 e. The Labute approximate surface area is 123 Å². The SMILES string of the molecule is CC1CCC(CN)(C(=O)Nc2ccc(C(=O)O)nc2)CC1. The highest BCUT2D eigenvalue weighted by Crippen LogP contribution is 2.39. The maximum atomic E-state index is 12.5. The molecule has 0 saturated heterocycles. The van der Waals surface area contributed by atoms with Gasteiger partial charge < -0.3 is 16.2 Å². The Balaban J connectivity index is 2.07. The van der Waals surface area contributed by atoms with E-state index in [9.17, 15) is 9.59 Å². The van der Waals surface area contributed by atoms with Crippen LogP contribution in [0, 0.1) is 11.3 Å². The van der Waals surface area contributed by atoms with Crippen LogP contribution in [0.3, 0.4) is 0 Å². The maximum absolute atomic E-state index is 12.5. The van der Waals surface area contributed by atoms with Gasteiger partial charge in [0.2, 0.25) is 5.91 Å². The first-order valence-electron chi connectivity index (χ1n) is 7.18. The number of anilines is 1. The lowest BCUT2D eigenvalue weighted by molar-refractivity contribution is -0.127. The molecule has 0 spiro atoms. The molecule has 0 unspecified atom stereocenters. The molecule has 2 rings (SSSR count). The molecule has 0 aromatic carbocycles. The lowest BCUT2D eigenvalue weighted by atomic mass is 9.70. The van der Waals surface area contributed by atoms with Crippen molar-refractivity contribution in [2.75, 3.05) is 11.9 Å². The molecule has 6 heteroatoms. The molecule has 1 aliphatic rings. The second-order valence-corrected chi connectivity index (χ2v) is 5.86. The van der Waals surface area contributed by atoms with Crippen LogP contribution in [-0.4, -0.2) is 28.5 Å². The molecule has 21 heavy (non-hydrogen) atoms. The molecule has 1 aliphatic carbocycles. The molecule has 1 aromatic heterocycles. The minimum absolute atomic E-state index is 0.0481. The Morgan fingerprint density at radius 2 is 2.10 bits per heavy atom. The standard InChI is InChI=1S/C15H21N3O3/c1-10-4-6-15(9-16,7-5-10)14(21)18-11-2-3-12(13(19)20)17-8-11/h2-3,8,10H,4-7,9,16H2,1H3,(H,18,21)(H,19,20). The van der Waals surface area contributed by atoms with Gasteiger partial charge in [-0.05, 0) is 43.7 Å². The molecule has 1 heterocycles. The summed E-state index contributed by atoms with van der Waals surface area (Å²) >= 11 is 0. The first-order valence-corrected chi connectivity index (χ1v) is 7.18. The molecule has 0 atom stereocenters. The molecule has 1 amide bonds. The monoisotopic (exact) mass is 291 g/mol. The summed E-state index contributed by atoms with van der Waals surface area (Å²) in [7, 11) is 0. The van der Waals surface area contributed by atoms with Crippen molar-refractivity contribution in [1.82, 2.24) is 4.98 Å².